The highest BCUT2D eigenvalue weighted by molar-refractivity contribution is 7.89. The molecular weight excluding hydrogens is 684 g/mol. The molecule has 2 aromatic carbocycles. The highest BCUT2D eigenvalue weighted by Gasteiger charge is 2.44. The van der Waals surface area contributed by atoms with Gasteiger partial charge < -0.3 is 35.3 Å². The summed E-state index contributed by atoms with van der Waals surface area (Å²) in [5, 5.41) is 20.7. The number of benzene rings is 2. The average molecular weight is 733 g/mol. The van der Waals surface area contributed by atoms with Crippen molar-refractivity contribution in [3.05, 3.63) is 60.2 Å². The largest absolute Gasteiger partial charge is 0.443 e. The molecule has 0 spiro atoms. The highest BCUT2D eigenvalue weighted by Crippen LogP contribution is 2.33. The van der Waals surface area contributed by atoms with E-state index in [9.17, 15) is 27.9 Å². The Labute approximate surface area is 298 Å². The van der Waals surface area contributed by atoms with Gasteiger partial charge in [0.15, 0.2) is 6.29 Å². The Balaban J connectivity index is 1.34. The Morgan fingerprint density at radius 2 is 1.80 bits per heavy atom. The minimum absolute atomic E-state index is 0.0831. The molecule has 280 valence electrons. The fourth-order valence-electron chi connectivity index (χ4n) is 6.33. The van der Waals surface area contributed by atoms with E-state index >= 15 is 0 Å². The molecule has 1 saturated carbocycles. The van der Waals surface area contributed by atoms with Crippen molar-refractivity contribution < 1.29 is 47.0 Å². The molecule has 2 heterocycles. The molecule has 16 nitrogen and oxygen atoms in total. The predicted octanol–water partition coefficient (Wildman–Crippen LogP) is 1.80. The Morgan fingerprint density at radius 1 is 1.04 bits per heavy atom. The molecule has 3 fully saturated rings. The quantitative estimate of drug-likeness (QED) is 0.158. The summed E-state index contributed by atoms with van der Waals surface area (Å²) in [6, 6.07) is 13.5. The lowest BCUT2D eigenvalue weighted by molar-refractivity contribution is -0.145. The van der Waals surface area contributed by atoms with Gasteiger partial charge >= 0.3 is 12.1 Å². The molecule has 2 aliphatic heterocycles. The maximum absolute atomic E-state index is 14.3. The van der Waals surface area contributed by atoms with Crippen molar-refractivity contribution >= 4 is 33.7 Å². The fraction of sp³-hybridized carbons (Fsp3) is 0.559. The molecule has 3 aliphatic rings. The molecule has 5 N–H and O–H groups in total. The van der Waals surface area contributed by atoms with E-state index in [4.69, 9.17) is 19.0 Å². The third kappa shape index (κ3) is 10.3. The number of carbonyl (C=O) groups excluding carboxylic acids is 3. The second-order valence-electron chi connectivity index (χ2n) is 12.7. The number of aliphatic hydroxyl groups is 1. The van der Waals surface area contributed by atoms with Crippen LogP contribution in [0.4, 0.5) is 15.3 Å². The first kappa shape index (κ1) is 38.2. The molecule has 0 aromatic heterocycles. The smallest absolute Gasteiger partial charge is 0.407 e. The number of hydrogen-bond donors (Lipinski definition) is 5. The molecule has 0 unspecified atom stereocenters. The van der Waals surface area contributed by atoms with Gasteiger partial charge in [0.25, 0.3) is 10.0 Å². The van der Waals surface area contributed by atoms with Gasteiger partial charge in [0.05, 0.1) is 61.1 Å². The van der Waals surface area contributed by atoms with Gasteiger partial charge in [0.1, 0.15) is 6.10 Å². The summed E-state index contributed by atoms with van der Waals surface area (Å²) in [4.78, 5) is 43.2. The first-order valence-corrected chi connectivity index (χ1v) is 18.8. The van der Waals surface area contributed by atoms with Gasteiger partial charge in [-0.25, -0.2) is 23.4 Å². The van der Waals surface area contributed by atoms with Crippen molar-refractivity contribution in [3.8, 4) is 0 Å². The Kier molecular flexibility index (Phi) is 13.5. The summed E-state index contributed by atoms with van der Waals surface area (Å²) in [5.74, 6) is -0.468. The van der Waals surface area contributed by atoms with Crippen molar-refractivity contribution in [2.24, 2.45) is 5.92 Å². The second kappa shape index (κ2) is 18.0. The molecule has 4 amide bonds. The van der Waals surface area contributed by atoms with Crippen LogP contribution in [0.5, 0.6) is 0 Å². The molecule has 5 atom stereocenters. The number of sulfonamides is 1. The van der Waals surface area contributed by atoms with Crippen LogP contribution in [-0.4, -0.2) is 107 Å². The molecular formula is C34H48N6O10S. The van der Waals surface area contributed by atoms with Gasteiger partial charge in [-0.15, -0.1) is 0 Å². The van der Waals surface area contributed by atoms with Crippen molar-refractivity contribution in [2.75, 3.05) is 44.9 Å². The zero-order chi connectivity index (χ0) is 36.4. The van der Waals surface area contributed by atoms with Crippen LogP contribution in [0.2, 0.25) is 0 Å². The number of fused-ring (bicyclic) bond motifs is 1. The number of anilines is 1. The third-order valence-corrected chi connectivity index (χ3v) is 10.8. The normalized spacial score (nSPS) is 21.5. The standard InChI is InChI=1S/C34H48N6O10S/c1-3-39(38-33(43)36-20-31(42)35-2)24-12-9-15-26(19-24)51(45,46)40(50-25-13-7-8-14-25)21-29(41)28(18-23-10-5-4-6-11-23)37-34(44)49-30-22-48-32-27(30)16-17-47-32/h4-6,9-12,15,19,25,27-30,32,41H,3,7-8,13-14,16-18,20-22H2,1-2H3,(H,35,42)(H,37,44)(H2,36,38,43)/t27-,28+,29-,30-,32+/m1/s1. The number of nitrogens with one attached hydrogen (secondary N) is 4. The second-order valence-corrected chi connectivity index (χ2v) is 14.5. The third-order valence-electron chi connectivity index (χ3n) is 9.15. The lowest BCUT2D eigenvalue weighted by atomic mass is 10.0. The number of likely N-dealkylation sites (N-methyl/N-ethyl adjacent to an activating group) is 1. The van der Waals surface area contributed by atoms with E-state index in [-0.39, 0.29) is 48.9 Å². The van der Waals surface area contributed by atoms with Crippen LogP contribution < -0.4 is 26.4 Å². The molecule has 5 rings (SSSR count). The van der Waals surface area contributed by atoms with E-state index in [1.807, 2.05) is 30.3 Å². The van der Waals surface area contributed by atoms with Gasteiger partial charge in [0.2, 0.25) is 5.91 Å². The van der Waals surface area contributed by atoms with E-state index in [0.717, 1.165) is 22.9 Å². The van der Waals surface area contributed by atoms with Crippen LogP contribution in [0.1, 0.15) is 44.6 Å². The Hall–Kier alpha value is -4.00. The Bertz CT molecular complexity index is 1580. The number of ether oxygens (including phenoxy) is 3. The summed E-state index contributed by atoms with van der Waals surface area (Å²) < 4.78 is 46.2. The van der Waals surface area contributed by atoms with E-state index in [1.165, 1.54) is 30.3 Å². The molecule has 51 heavy (non-hydrogen) atoms. The van der Waals surface area contributed by atoms with Crippen molar-refractivity contribution in [3.63, 3.8) is 0 Å². The minimum Gasteiger partial charge on any atom is -0.443 e. The van der Waals surface area contributed by atoms with Crippen LogP contribution in [0, 0.1) is 5.92 Å². The van der Waals surface area contributed by atoms with Gasteiger partial charge in [-0.2, -0.15) is 0 Å². The van der Waals surface area contributed by atoms with Crippen molar-refractivity contribution in [1.29, 1.82) is 0 Å². The van der Waals surface area contributed by atoms with Crippen LogP contribution in [0.25, 0.3) is 0 Å². The maximum Gasteiger partial charge on any atom is 0.407 e. The average Bonchev–Trinajstić information content (AvgIpc) is 3.90. The van der Waals surface area contributed by atoms with Crippen LogP contribution in [0.3, 0.4) is 0 Å². The highest BCUT2D eigenvalue weighted by atomic mass is 32.2. The fourth-order valence-corrected chi connectivity index (χ4v) is 7.67. The lowest BCUT2D eigenvalue weighted by Gasteiger charge is -2.31. The zero-order valence-electron chi connectivity index (χ0n) is 28.9. The van der Waals surface area contributed by atoms with Gasteiger partial charge in [-0.1, -0.05) is 53.7 Å². The van der Waals surface area contributed by atoms with Gasteiger partial charge in [-0.3, -0.25) is 14.6 Å². The molecule has 2 aromatic rings. The number of carbonyl (C=O) groups is 3. The van der Waals surface area contributed by atoms with Crippen molar-refractivity contribution in [2.45, 2.75) is 81.0 Å². The first-order chi connectivity index (χ1) is 24.6. The summed E-state index contributed by atoms with van der Waals surface area (Å²) >= 11 is 0. The van der Waals surface area contributed by atoms with Crippen LogP contribution in [-0.2, 0) is 40.3 Å². The molecule has 2 saturated heterocycles. The van der Waals surface area contributed by atoms with E-state index < -0.39 is 53.2 Å². The summed E-state index contributed by atoms with van der Waals surface area (Å²) in [6.45, 7) is 2.00. The number of alkyl carbamates (subject to hydrolysis) is 1. The number of hydrogen-bond acceptors (Lipinski definition) is 11. The number of aliphatic hydroxyl groups excluding tert-OH is 1. The number of amides is 4. The number of hydroxylamine groups is 1. The number of hydrazine groups is 1. The predicted molar refractivity (Wildman–Crippen MR) is 184 cm³/mol. The van der Waals surface area contributed by atoms with Crippen LogP contribution in [0.15, 0.2) is 59.5 Å². The number of urea groups is 1. The SMILES string of the molecule is CCN(NC(=O)NCC(=O)NC)c1cccc(S(=O)(=O)N(C[C@@H](O)[C@H](Cc2ccccc2)NC(=O)O[C@@H]2CO[C@@H]3OCC[C@@H]32)OC2CCCC2)c1. The van der Waals surface area contributed by atoms with Gasteiger partial charge in [-0.05, 0) is 56.4 Å². The molecule has 0 bridgehead atoms. The maximum atomic E-state index is 14.3. The Morgan fingerprint density at radius 3 is 2.53 bits per heavy atom. The van der Waals surface area contributed by atoms with E-state index in [1.54, 1.807) is 13.0 Å². The molecule has 1 aliphatic carbocycles. The number of rotatable bonds is 16. The summed E-state index contributed by atoms with van der Waals surface area (Å²) in [6.07, 6.45) is 0.422. The molecule has 17 heteroatoms. The van der Waals surface area contributed by atoms with Gasteiger partial charge in [0, 0.05) is 13.6 Å². The minimum atomic E-state index is -4.40. The molecule has 0 radical (unpaired) electrons. The topological polar surface area (TPSA) is 197 Å². The monoisotopic (exact) mass is 732 g/mol. The number of nitrogens with zero attached hydrogens (tertiary/aromatic N) is 2. The van der Waals surface area contributed by atoms with Crippen LogP contribution >= 0.6 is 0 Å². The van der Waals surface area contributed by atoms with E-state index in [2.05, 4.69) is 21.4 Å². The first-order valence-electron chi connectivity index (χ1n) is 17.3. The lowest BCUT2D eigenvalue weighted by Crippen LogP contribution is -2.51. The zero-order valence-corrected chi connectivity index (χ0v) is 29.7. The van der Waals surface area contributed by atoms with Crippen molar-refractivity contribution in [1.82, 2.24) is 25.8 Å². The summed E-state index contributed by atoms with van der Waals surface area (Å²) in [5.41, 5.74) is 3.77. The van der Waals surface area contributed by atoms with E-state index in [0.29, 0.717) is 31.6 Å². The summed E-state index contributed by atoms with van der Waals surface area (Å²) in [7, 11) is -2.95.